The molecule has 2 nitrogen and oxygen atoms in total. The second kappa shape index (κ2) is 12.8. The van der Waals surface area contributed by atoms with Crippen LogP contribution in [-0.4, -0.2) is 17.3 Å². The summed E-state index contributed by atoms with van der Waals surface area (Å²) in [5, 5.41) is 1.83. The minimum Gasteiger partial charge on any atom is -0.358 e. The molecular weight excluding hydrogens is 430 g/mol. The fourth-order valence-electron chi connectivity index (χ4n) is 3.26. The molecule has 0 saturated heterocycles. The third-order valence-corrected chi connectivity index (χ3v) is 8.39. The molecule has 0 spiro atoms. The molecule has 0 saturated carbocycles. The van der Waals surface area contributed by atoms with Crippen LogP contribution in [0.2, 0.25) is 0 Å². The maximum absolute atomic E-state index is 12.3. The van der Waals surface area contributed by atoms with Gasteiger partial charge in [0.05, 0.1) is 5.66 Å². The Morgan fingerprint density at radius 2 is 1.47 bits per heavy atom. The van der Waals surface area contributed by atoms with E-state index in [1.807, 2.05) is 90.9 Å². The Bertz CT molecular complexity index is 999. The SMILES string of the molecule is O=C=C1C=CC=CC1P(=C=O)(c1ccccc1)c1ccccc1.[C-]1=CC=CC1.[CH3-].[Mn+2]. The van der Waals surface area contributed by atoms with Crippen molar-refractivity contribution in [3.8, 4) is 0 Å². The third kappa shape index (κ3) is 5.50. The molecule has 0 aliphatic heterocycles. The van der Waals surface area contributed by atoms with E-state index >= 15 is 0 Å². The van der Waals surface area contributed by atoms with Crippen molar-refractivity contribution in [2.75, 3.05) is 0 Å². The summed E-state index contributed by atoms with van der Waals surface area (Å²) < 4.78 is 0. The van der Waals surface area contributed by atoms with Gasteiger partial charge in [0, 0.05) is 12.5 Å². The first-order valence-corrected chi connectivity index (χ1v) is 10.9. The summed E-state index contributed by atoms with van der Waals surface area (Å²) in [6.45, 7) is -2.57. The average molecular weight is 453 g/mol. The van der Waals surface area contributed by atoms with Gasteiger partial charge >= 0.3 is 17.1 Å². The van der Waals surface area contributed by atoms with E-state index in [1.54, 1.807) is 12.2 Å². The molecule has 1 atom stereocenters. The molecule has 2 aliphatic carbocycles. The predicted molar refractivity (Wildman–Crippen MR) is 124 cm³/mol. The van der Waals surface area contributed by atoms with Crippen LogP contribution in [0.5, 0.6) is 0 Å². The Morgan fingerprint density at radius 1 is 0.867 bits per heavy atom. The molecule has 4 rings (SSSR count). The molecule has 4 heteroatoms. The second-order valence-corrected chi connectivity index (χ2v) is 9.45. The summed E-state index contributed by atoms with van der Waals surface area (Å²) in [7, 11) is 0. The van der Waals surface area contributed by atoms with Crippen molar-refractivity contribution in [3.05, 3.63) is 122 Å². The third-order valence-electron chi connectivity index (χ3n) is 4.59. The van der Waals surface area contributed by atoms with Crippen LogP contribution in [-0.2, 0) is 26.7 Å². The standard InChI is InChI=1S/C20H15O2P.C5H5.CH3.Mn/c21-15-17-9-7-8-14-20(17)23(16-22,18-10-3-1-4-11-18)19-12-5-2-6-13-19;1-2-4-5-3-1;;/h1-14,20H;1-3H,4H2;1H3;/q;2*-1;+2. The van der Waals surface area contributed by atoms with Gasteiger partial charge < -0.3 is 7.43 Å². The zero-order valence-electron chi connectivity index (χ0n) is 16.7. The minimum atomic E-state index is -2.57. The van der Waals surface area contributed by atoms with E-state index in [1.165, 1.54) is 0 Å². The van der Waals surface area contributed by atoms with E-state index in [2.05, 4.69) is 17.8 Å². The fourth-order valence-corrected chi connectivity index (χ4v) is 6.73. The van der Waals surface area contributed by atoms with Crippen molar-refractivity contribution in [1.82, 2.24) is 0 Å². The molecule has 2 aromatic carbocycles. The first-order chi connectivity index (χ1) is 13.8. The van der Waals surface area contributed by atoms with Gasteiger partial charge in [0.1, 0.15) is 11.6 Å². The molecule has 0 amide bonds. The van der Waals surface area contributed by atoms with E-state index in [0.29, 0.717) is 5.57 Å². The summed E-state index contributed by atoms with van der Waals surface area (Å²) in [5.41, 5.74) is 2.53. The van der Waals surface area contributed by atoms with E-state index in [9.17, 15) is 9.59 Å². The molecule has 2 aromatic rings. The van der Waals surface area contributed by atoms with Gasteiger partial charge in [-0.05, 0) is 16.7 Å². The number of allylic oxidation sites excluding steroid dienone is 9. The Balaban J connectivity index is 0.000000566. The summed E-state index contributed by atoms with van der Waals surface area (Å²) in [6, 6.07) is 19.3. The molecule has 1 radical (unpaired) electrons. The van der Waals surface area contributed by atoms with Crippen LogP contribution in [0.3, 0.4) is 0 Å². The smallest absolute Gasteiger partial charge is 0.358 e. The molecule has 2 aliphatic rings. The Morgan fingerprint density at radius 3 is 1.87 bits per heavy atom. The number of benzene rings is 2. The zero-order chi connectivity index (χ0) is 19.7. The predicted octanol–water partition coefficient (Wildman–Crippen LogP) is 4.73. The van der Waals surface area contributed by atoms with Crippen molar-refractivity contribution in [2.45, 2.75) is 12.1 Å². The average Bonchev–Trinajstić information content (AvgIpc) is 3.37. The van der Waals surface area contributed by atoms with Crippen molar-refractivity contribution in [2.24, 2.45) is 0 Å². The minimum absolute atomic E-state index is 0. The van der Waals surface area contributed by atoms with E-state index in [0.717, 1.165) is 17.0 Å². The zero-order valence-corrected chi connectivity index (χ0v) is 18.8. The number of carbonyl (C=O) groups excluding carboxylic acids is 2. The number of rotatable bonds is 3. The van der Waals surface area contributed by atoms with Crippen LogP contribution in [0.1, 0.15) is 6.42 Å². The summed E-state index contributed by atoms with van der Waals surface area (Å²) in [5.74, 6) is 2.01. The van der Waals surface area contributed by atoms with Crippen LogP contribution in [0.4, 0.5) is 0 Å². The molecule has 0 aromatic heterocycles. The van der Waals surface area contributed by atoms with Gasteiger partial charge in [-0.2, -0.15) is 6.08 Å². The first kappa shape index (κ1) is 25.4. The quantitative estimate of drug-likeness (QED) is 0.292. The van der Waals surface area contributed by atoms with Crippen molar-refractivity contribution in [1.29, 1.82) is 0 Å². The Hall–Kier alpha value is -2.62. The first-order valence-electron chi connectivity index (χ1n) is 9.04. The topological polar surface area (TPSA) is 34.1 Å². The van der Waals surface area contributed by atoms with E-state index in [4.69, 9.17) is 0 Å². The number of hydrogen-bond donors (Lipinski definition) is 0. The number of hydrogen-bond acceptors (Lipinski definition) is 2. The second-order valence-electron chi connectivity index (χ2n) is 6.23. The summed E-state index contributed by atoms with van der Waals surface area (Å²) >= 11 is 0. The summed E-state index contributed by atoms with van der Waals surface area (Å²) in [4.78, 5) is 23.7. The van der Waals surface area contributed by atoms with Gasteiger partial charge in [0.25, 0.3) is 0 Å². The molecule has 0 N–H and O–H groups in total. The molecule has 30 heavy (non-hydrogen) atoms. The van der Waals surface area contributed by atoms with Crippen LogP contribution in [0, 0.1) is 13.5 Å². The molecule has 151 valence electrons. The maximum atomic E-state index is 12.3. The van der Waals surface area contributed by atoms with Crippen LogP contribution in [0.15, 0.2) is 109 Å². The monoisotopic (exact) mass is 453 g/mol. The summed E-state index contributed by atoms with van der Waals surface area (Å²) in [6.07, 6.45) is 17.3. The van der Waals surface area contributed by atoms with Crippen molar-refractivity contribution < 1.29 is 26.7 Å². The van der Waals surface area contributed by atoms with E-state index < -0.39 is 6.89 Å². The van der Waals surface area contributed by atoms with Gasteiger partial charge in [-0.3, -0.25) is 6.08 Å². The van der Waals surface area contributed by atoms with Gasteiger partial charge in [0.2, 0.25) is 0 Å². The van der Waals surface area contributed by atoms with E-state index in [-0.39, 0.29) is 30.2 Å². The maximum Gasteiger partial charge on any atom is 2.00 e. The van der Waals surface area contributed by atoms with Gasteiger partial charge in [-0.25, -0.2) is 21.7 Å². The van der Waals surface area contributed by atoms with Gasteiger partial charge in [-0.1, -0.05) is 78.9 Å². The normalized spacial score (nSPS) is 15.7. The van der Waals surface area contributed by atoms with Gasteiger partial charge in [0.15, 0.2) is 0 Å². The Labute approximate surface area is 189 Å². The van der Waals surface area contributed by atoms with Crippen molar-refractivity contribution in [3.63, 3.8) is 0 Å². The van der Waals surface area contributed by atoms with Crippen LogP contribution < -0.4 is 10.6 Å². The van der Waals surface area contributed by atoms with Crippen LogP contribution in [0.25, 0.3) is 0 Å². The molecular formula is C26H23MnO2P. The van der Waals surface area contributed by atoms with Gasteiger partial charge in [-0.15, -0.1) is 6.42 Å². The molecule has 1 unspecified atom stereocenters. The largest absolute Gasteiger partial charge is 2.00 e. The molecule has 0 bridgehead atoms. The molecule has 0 fully saturated rings. The van der Waals surface area contributed by atoms with Crippen LogP contribution >= 0.6 is 6.89 Å². The Kier molecular flexibility index (Phi) is 10.9. The fraction of sp³-hybridized carbons (Fsp3) is 0.0769. The van der Waals surface area contributed by atoms with Crippen molar-refractivity contribution >= 4 is 29.1 Å². The molecule has 0 heterocycles.